The minimum atomic E-state index is -0.335. The second-order valence-corrected chi connectivity index (χ2v) is 5.95. The first-order chi connectivity index (χ1) is 8.47. The normalized spacial score (nSPS) is 16.4. The highest BCUT2D eigenvalue weighted by atomic mass is 79.9. The Bertz CT molecular complexity index is 472. The third kappa shape index (κ3) is 3.22. The second-order valence-electron chi connectivity index (χ2n) is 5.10. The van der Waals surface area contributed by atoms with Gasteiger partial charge in [-0.3, -0.25) is 10.1 Å². The van der Waals surface area contributed by atoms with Crippen molar-refractivity contribution in [2.24, 2.45) is 5.92 Å². The molecule has 1 aromatic carbocycles. The molecule has 0 bridgehead atoms. The SMILES string of the molecule is Cc1cc(Br)c(NC(C)CC2CC2)cc1[N+](=O)[O-]. The Kier molecular flexibility index (Phi) is 3.90. The topological polar surface area (TPSA) is 55.2 Å². The van der Waals surface area contributed by atoms with Gasteiger partial charge in [0.15, 0.2) is 0 Å². The summed E-state index contributed by atoms with van der Waals surface area (Å²) in [6, 6.07) is 3.75. The Morgan fingerprint density at radius 3 is 2.78 bits per heavy atom. The number of hydrogen-bond acceptors (Lipinski definition) is 3. The van der Waals surface area contributed by atoms with Gasteiger partial charge in [-0.1, -0.05) is 12.8 Å². The highest BCUT2D eigenvalue weighted by Gasteiger charge is 2.24. The van der Waals surface area contributed by atoms with Crippen LogP contribution in [0.25, 0.3) is 0 Å². The summed E-state index contributed by atoms with van der Waals surface area (Å²) in [4.78, 5) is 10.6. The molecule has 1 saturated carbocycles. The van der Waals surface area contributed by atoms with Gasteiger partial charge in [0.25, 0.3) is 5.69 Å². The zero-order valence-electron chi connectivity index (χ0n) is 10.6. The van der Waals surface area contributed by atoms with Gasteiger partial charge in [-0.05, 0) is 48.2 Å². The molecule has 0 heterocycles. The summed E-state index contributed by atoms with van der Waals surface area (Å²) in [7, 11) is 0. The number of benzene rings is 1. The van der Waals surface area contributed by atoms with E-state index in [1.54, 1.807) is 19.1 Å². The summed E-state index contributed by atoms with van der Waals surface area (Å²) in [5, 5.41) is 14.3. The van der Waals surface area contributed by atoms with Crippen LogP contribution in [-0.2, 0) is 0 Å². The van der Waals surface area contributed by atoms with E-state index in [4.69, 9.17) is 0 Å². The van der Waals surface area contributed by atoms with Gasteiger partial charge >= 0.3 is 0 Å². The van der Waals surface area contributed by atoms with Crippen molar-refractivity contribution in [1.82, 2.24) is 0 Å². The fourth-order valence-electron chi connectivity index (χ4n) is 2.15. The number of rotatable bonds is 5. The molecule has 1 N–H and O–H groups in total. The van der Waals surface area contributed by atoms with E-state index >= 15 is 0 Å². The summed E-state index contributed by atoms with van der Waals surface area (Å²) < 4.78 is 0.883. The van der Waals surface area contributed by atoms with Crippen LogP contribution in [0.3, 0.4) is 0 Å². The van der Waals surface area contributed by atoms with Gasteiger partial charge in [0, 0.05) is 22.1 Å². The number of nitrogens with zero attached hydrogens (tertiary/aromatic N) is 1. The van der Waals surface area contributed by atoms with E-state index in [2.05, 4.69) is 28.2 Å². The first kappa shape index (κ1) is 13.3. The number of anilines is 1. The zero-order chi connectivity index (χ0) is 13.3. The molecular weight excluding hydrogens is 296 g/mol. The van der Waals surface area contributed by atoms with Gasteiger partial charge in [0.2, 0.25) is 0 Å². The average Bonchev–Trinajstić information content (AvgIpc) is 3.05. The van der Waals surface area contributed by atoms with Gasteiger partial charge in [-0.15, -0.1) is 0 Å². The van der Waals surface area contributed by atoms with Crippen molar-refractivity contribution >= 4 is 27.3 Å². The molecule has 5 heteroatoms. The lowest BCUT2D eigenvalue weighted by Gasteiger charge is -2.16. The van der Waals surface area contributed by atoms with Crippen molar-refractivity contribution in [3.8, 4) is 0 Å². The molecule has 1 aliphatic rings. The van der Waals surface area contributed by atoms with Crippen molar-refractivity contribution in [2.45, 2.75) is 39.2 Å². The van der Waals surface area contributed by atoms with Crippen LogP contribution in [0.15, 0.2) is 16.6 Å². The second kappa shape index (κ2) is 5.26. The summed E-state index contributed by atoms with van der Waals surface area (Å²) in [6.45, 7) is 3.87. The number of aryl methyl sites for hydroxylation is 1. The lowest BCUT2D eigenvalue weighted by Crippen LogP contribution is -2.16. The van der Waals surface area contributed by atoms with Crippen molar-refractivity contribution in [3.05, 3.63) is 32.3 Å². The molecule has 1 aliphatic carbocycles. The van der Waals surface area contributed by atoms with Crippen LogP contribution in [0.5, 0.6) is 0 Å². The van der Waals surface area contributed by atoms with E-state index in [0.29, 0.717) is 11.6 Å². The van der Waals surface area contributed by atoms with E-state index in [-0.39, 0.29) is 10.6 Å². The molecule has 1 fully saturated rings. The quantitative estimate of drug-likeness (QED) is 0.652. The van der Waals surface area contributed by atoms with Crippen LogP contribution < -0.4 is 5.32 Å². The largest absolute Gasteiger partial charge is 0.381 e. The lowest BCUT2D eigenvalue weighted by molar-refractivity contribution is -0.385. The maximum atomic E-state index is 10.9. The van der Waals surface area contributed by atoms with Crippen molar-refractivity contribution in [2.75, 3.05) is 5.32 Å². The van der Waals surface area contributed by atoms with Crippen molar-refractivity contribution in [3.63, 3.8) is 0 Å². The predicted octanol–water partition coefficient (Wildman–Crippen LogP) is 4.27. The van der Waals surface area contributed by atoms with Gasteiger partial charge in [-0.2, -0.15) is 0 Å². The molecule has 0 aliphatic heterocycles. The van der Waals surface area contributed by atoms with Gasteiger partial charge in [0.1, 0.15) is 0 Å². The molecule has 98 valence electrons. The third-order valence-corrected chi connectivity index (χ3v) is 3.92. The van der Waals surface area contributed by atoms with Crippen molar-refractivity contribution < 1.29 is 4.92 Å². The molecule has 0 amide bonds. The minimum absolute atomic E-state index is 0.166. The molecule has 1 unspecified atom stereocenters. The monoisotopic (exact) mass is 312 g/mol. The van der Waals surface area contributed by atoms with Gasteiger partial charge in [0.05, 0.1) is 10.6 Å². The Labute approximate surface area is 115 Å². The van der Waals surface area contributed by atoms with Crippen LogP contribution in [0.1, 0.15) is 31.7 Å². The summed E-state index contributed by atoms with van der Waals surface area (Å²) in [5.74, 6) is 0.840. The minimum Gasteiger partial charge on any atom is -0.381 e. The van der Waals surface area contributed by atoms with E-state index in [0.717, 1.165) is 22.5 Å². The Morgan fingerprint density at radius 2 is 2.22 bits per heavy atom. The number of nitro benzene ring substituents is 1. The van der Waals surface area contributed by atoms with Crippen LogP contribution >= 0.6 is 15.9 Å². The molecule has 4 nitrogen and oxygen atoms in total. The first-order valence-corrected chi connectivity index (χ1v) is 6.97. The Hall–Kier alpha value is -1.10. The molecule has 0 radical (unpaired) electrons. The maximum absolute atomic E-state index is 10.9. The maximum Gasteiger partial charge on any atom is 0.274 e. The average molecular weight is 313 g/mol. The summed E-state index contributed by atoms with van der Waals surface area (Å²) in [6.07, 6.45) is 3.77. The molecule has 2 rings (SSSR count). The Balaban J connectivity index is 2.15. The molecule has 18 heavy (non-hydrogen) atoms. The van der Waals surface area contributed by atoms with E-state index < -0.39 is 0 Å². The van der Waals surface area contributed by atoms with Crippen LogP contribution in [0.4, 0.5) is 11.4 Å². The molecular formula is C13H17BrN2O2. The molecule has 1 atom stereocenters. The lowest BCUT2D eigenvalue weighted by atomic mass is 10.1. The molecule has 0 saturated heterocycles. The fourth-order valence-corrected chi connectivity index (χ4v) is 2.72. The van der Waals surface area contributed by atoms with E-state index in [9.17, 15) is 10.1 Å². The smallest absolute Gasteiger partial charge is 0.274 e. The number of halogens is 1. The van der Waals surface area contributed by atoms with Crippen LogP contribution in [0, 0.1) is 23.0 Å². The first-order valence-electron chi connectivity index (χ1n) is 6.18. The highest BCUT2D eigenvalue weighted by molar-refractivity contribution is 9.10. The van der Waals surface area contributed by atoms with Crippen molar-refractivity contribution in [1.29, 1.82) is 0 Å². The van der Waals surface area contributed by atoms with Crippen LogP contribution in [0.2, 0.25) is 0 Å². The fraction of sp³-hybridized carbons (Fsp3) is 0.538. The van der Waals surface area contributed by atoms with E-state index in [1.807, 2.05) is 0 Å². The van der Waals surface area contributed by atoms with E-state index in [1.165, 1.54) is 12.8 Å². The summed E-state index contributed by atoms with van der Waals surface area (Å²) in [5.41, 5.74) is 1.65. The summed E-state index contributed by atoms with van der Waals surface area (Å²) >= 11 is 3.46. The highest BCUT2D eigenvalue weighted by Crippen LogP contribution is 2.36. The number of hydrogen-bond donors (Lipinski definition) is 1. The predicted molar refractivity (Wildman–Crippen MR) is 76.0 cm³/mol. The van der Waals surface area contributed by atoms with Crippen LogP contribution in [-0.4, -0.2) is 11.0 Å². The Morgan fingerprint density at radius 1 is 1.56 bits per heavy atom. The third-order valence-electron chi connectivity index (χ3n) is 3.27. The molecule has 0 aromatic heterocycles. The van der Waals surface area contributed by atoms with Gasteiger partial charge in [-0.25, -0.2) is 0 Å². The molecule has 0 spiro atoms. The molecule has 1 aromatic rings. The number of nitrogens with one attached hydrogen (secondary N) is 1. The standard InChI is InChI=1S/C13H17BrN2O2/c1-8-5-11(14)12(7-13(8)16(17)18)15-9(2)6-10-3-4-10/h5,7,9-10,15H,3-4,6H2,1-2H3. The number of nitro groups is 1. The van der Waals surface area contributed by atoms with Gasteiger partial charge < -0.3 is 5.32 Å². The zero-order valence-corrected chi connectivity index (χ0v) is 12.2.